The number of benzene rings is 1. The van der Waals surface area contributed by atoms with Gasteiger partial charge in [0.25, 0.3) is 0 Å². The van der Waals surface area contributed by atoms with Crippen molar-refractivity contribution in [1.82, 2.24) is 0 Å². The lowest BCUT2D eigenvalue weighted by atomic mass is 10.3. The molecule has 0 radical (unpaired) electrons. The van der Waals surface area contributed by atoms with Crippen LogP contribution in [0.2, 0.25) is 0 Å². The Balaban J connectivity index is 2.00. The van der Waals surface area contributed by atoms with E-state index in [4.69, 9.17) is 17.0 Å². The van der Waals surface area contributed by atoms with Gasteiger partial charge < -0.3 is 10.1 Å². The van der Waals surface area contributed by atoms with E-state index in [0.29, 0.717) is 10.9 Å². The zero-order chi connectivity index (χ0) is 11.4. The third-order valence-electron chi connectivity index (χ3n) is 2.01. The highest BCUT2D eigenvalue weighted by Crippen LogP contribution is 2.19. The van der Waals surface area contributed by atoms with Gasteiger partial charge in [-0.1, -0.05) is 24.0 Å². The molecule has 1 aromatic carbocycles. The molecule has 84 valence electrons. The number of thiocarbonyl (C=S) groups is 1. The predicted octanol–water partition coefficient (Wildman–Crippen LogP) is 2.93. The minimum Gasteiger partial charge on any atom is -0.494 e. The lowest BCUT2D eigenvalue weighted by Crippen LogP contribution is -2.11. The summed E-state index contributed by atoms with van der Waals surface area (Å²) in [6.45, 7) is 2.65. The van der Waals surface area contributed by atoms with Crippen LogP contribution in [0.25, 0.3) is 0 Å². The summed E-state index contributed by atoms with van der Waals surface area (Å²) in [5.41, 5.74) is 1.01. The number of nitrogens with zero attached hydrogens (tertiary/aromatic N) is 1. The van der Waals surface area contributed by atoms with Crippen molar-refractivity contribution in [3.05, 3.63) is 24.3 Å². The summed E-state index contributed by atoms with van der Waals surface area (Å²) >= 11 is 6.56. The molecule has 3 nitrogen and oxygen atoms in total. The van der Waals surface area contributed by atoms with Gasteiger partial charge in [-0.2, -0.15) is 0 Å². The maximum Gasteiger partial charge on any atom is 0.162 e. The molecule has 1 N–H and O–H groups in total. The van der Waals surface area contributed by atoms with Gasteiger partial charge in [-0.3, -0.25) is 0 Å². The zero-order valence-electron chi connectivity index (χ0n) is 8.90. The first-order chi connectivity index (χ1) is 7.78. The Morgan fingerprint density at radius 1 is 1.44 bits per heavy atom. The summed E-state index contributed by atoms with van der Waals surface area (Å²) in [5.74, 6) is 2.62. The van der Waals surface area contributed by atoms with Crippen molar-refractivity contribution in [3.63, 3.8) is 0 Å². The summed E-state index contributed by atoms with van der Waals surface area (Å²) in [6, 6.07) is 7.82. The van der Waals surface area contributed by atoms with Gasteiger partial charge in [0.1, 0.15) is 11.6 Å². The summed E-state index contributed by atoms with van der Waals surface area (Å²) in [6.07, 6.45) is 0. The van der Waals surface area contributed by atoms with Gasteiger partial charge in [-0.05, 0) is 31.2 Å². The van der Waals surface area contributed by atoms with E-state index < -0.39 is 0 Å². The molecule has 2 rings (SSSR count). The fourth-order valence-corrected chi connectivity index (χ4v) is 2.20. The molecule has 1 aromatic rings. The number of rotatable bonds is 3. The molecule has 0 saturated heterocycles. The monoisotopic (exact) mass is 252 g/mol. The average molecular weight is 252 g/mol. The van der Waals surface area contributed by atoms with Crippen LogP contribution in [0.15, 0.2) is 29.3 Å². The molecule has 0 aromatic heterocycles. The van der Waals surface area contributed by atoms with Crippen LogP contribution in [-0.4, -0.2) is 22.5 Å². The van der Waals surface area contributed by atoms with Gasteiger partial charge >= 0.3 is 0 Å². The Kier molecular flexibility index (Phi) is 3.79. The number of hydrogen-bond donors (Lipinski definition) is 1. The molecule has 0 fully saturated rings. The van der Waals surface area contributed by atoms with E-state index in [-0.39, 0.29) is 0 Å². The third kappa shape index (κ3) is 2.96. The number of anilines is 1. The minimum atomic E-state index is 0.685. The topological polar surface area (TPSA) is 33.6 Å². The van der Waals surface area contributed by atoms with Crippen molar-refractivity contribution in [2.45, 2.75) is 6.92 Å². The molecule has 1 heterocycles. The second kappa shape index (κ2) is 5.32. The molecule has 1 aliphatic rings. The molecule has 0 amide bonds. The Morgan fingerprint density at radius 3 is 2.75 bits per heavy atom. The van der Waals surface area contributed by atoms with E-state index in [1.54, 1.807) is 11.8 Å². The van der Waals surface area contributed by atoms with E-state index in [9.17, 15) is 0 Å². The fraction of sp³-hybridized carbons (Fsp3) is 0.273. The van der Waals surface area contributed by atoms with Gasteiger partial charge in [0.05, 0.1) is 12.4 Å². The van der Waals surface area contributed by atoms with Crippen LogP contribution in [-0.2, 0) is 0 Å². The summed E-state index contributed by atoms with van der Waals surface area (Å²) in [7, 11) is 0. The largest absolute Gasteiger partial charge is 0.494 e. The Labute approximate surface area is 104 Å². The maximum absolute atomic E-state index is 5.36. The summed E-state index contributed by atoms with van der Waals surface area (Å²) in [4.78, 5) is 4.21. The number of hydrogen-bond acceptors (Lipinski definition) is 4. The van der Waals surface area contributed by atoms with Crippen molar-refractivity contribution in [3.8, 4) is 5.75 Å². The van der Waals surface area contributed by atoms with Crippen molar-refractivity contribution >= 4 is 39.8 Å². The molecule has 0 bridgehead atoms. The number of nitrogens with one attached hydrogen (secondary N) is 1. The van der Waals surface area contributed by atoms with Gasteiger partial charge in [0.2, 0.25) is 0 Å². The molecule has 0 atom stereocenters. The van der Waals surface area contributed by atoms with E-state index in [1.165, 1.54) is 0 Å². The second-order valence-corrected chi connectivity index (χ2v) is 4.80. The van der Waals surface area contributed by atoms with Gasteiger partial charge in [-0.25, -0.2) is 4.99 Å². The Bertz CT molecular complexity index is 414. The van der Waals surface area contributed by atoms with Crippen LogP contribution in [0.3, 0.4) is 0 Å². The fourth-order valence-electron chi connectivity index (χ4n) is 1.34. The molecule has 0 saturated carbocycles. The quantitative estimate of drug-likeness (QED) is 0.839. The lowest BCUT2D eigenvalue weighted by Gasteiger charge is -2.06. The molecule has 0 spiro atoms. The number of thioether (sulfide) groups is 1. The number of aliphatic imine (C=N–C) groups is 1. The molecule has 0 unspecified atom stereocenters. The van der Waals surface area contributed by atoms with Crippen LogP contribution in [0, 0.1) is 0 Å². The first-order valence-electron chi connectivity index (χ1n) is 5.02. The van der Waals surface area contributed by atoms with Crippen molar-refractivity contribution in [1.29, 1.82) is 0 Å². The van der Waals surface area contributed by atoms with Crippen molar-refractivity contribution in [2.75, 3.05) is 17.7 Å². The predicted molar refractivity (Wildman–Crippen MR) is 73.7 cm³/mol. The smallest absolute Gasteiger partial charge is 0.162 e. The maximum atomic E-state index is 5.36. The highest BCUT2D eigenvalue weighted by atomic mass is 32.2. The lowest BCUT2D eigenvalue weighted by molar-refractivity contribution is 0.340. The van der Waals surface area contributed by atoms with Crippen LogP contribution in [0.4, 0.5) is 5.69 Å². The highest BCUT2D eigenvalue weighted by molar-refractivity contribution is 8.23. The minimum absolute atomic E-state index is 0.685. The number of amidine groups is 1. The second-order valence-electron chi connectivity index (χ2n) is 3.20. The normalized spacial score (nSPS) is 14.8. The molecule has 16 heavy (non-hydrogen) atoms. The molecular weight excluding hydrogens is 240 g/mol. The van der Waals surface area contributed by atoms with Gasteiger partial charge in [0, 0.05) is 5.69 Å². The van der Waals surface area contributed by atoms with Gasteiger partial charge in [-0.15, -0.1) is 0 Å². The van der Waals surface area contributed by atoms with Crippen LogP contribution in [0.1, 0.15) is 6.92 Å². The SMILES string of the molecule is CCOc1ccc(NC2=NC(=S)SC2)cc1. The van der Waals surface area contributed by atoms with Crippen molar-refractivity contribution in [2.24, 2.45) is 4.99 Å². The molecule has 5 heteroatoms. The van der Waals surface area contributed by atoms with Crippen LogP contribution >= 0.6 is 24.0 Å². The summed E-state index contributed by atoms with van der Waals surface area (Å²) in [5, 5.41) is 3.23. The molecule has 1 aliphatic heterocycles. The van der Waals surface area contributed by atoms with Crippen LogP contribution in [0.5, 0.6) is 5.75 Å². The zero-order valence-corrected chi connectivity index (χ0v) is 10.5. The third-order valence-corrected chi connectivity index (χ3v) is 3.21. The Hall–Kier alpha value is -1.07. The Morgan fingerprint density at radius 2 is 2.19 bits per heavy atom. The highest BCUT2D eigenvalue weighted by Gasteiger charge is 2.11. The van der Waals surface area contributed by atoms with E-state index >= 15 is 0 Å². The van der Waals surface area contributed by atoms with Crippen LogP contribution < -0.4 is 10.1 Å². The van der Waals surface area contributed by atoms with E-state index in [1.807, 2.05) is 31.2 Å². The first-order valence-corrected chi connectivity index (χ1v) is 6.41. The number of ether oxygens (including phenoxy) is 1. The van der Waals surface area contributed by atoms with E-state index in [2.05, 4.69) is 10.3 Å². The first kappa shape index (κ1) is 11.4. The van der Waals surface area contributed by atoms with Crippen molar-refractivity contribution < 1.29 is 4.74 Å². The van der Waals surface area contributed by atoms with E-state index in [0.717, 1.165) is 23.0 Å². The summed E-state index contributed by atoms with van der Waals surface area (Å²) < 4.78 is 6.07. The molecule has 0 aliphatic carbocycles. The standard InChI is InChI=1S/C11H12N2OS2/c1-2-14-9-5-3-8(4-6-9)12-10-7-16-11(15)13-10/h3-6H,2,7H2,1H3,(H,12,13,15). The average Bonchev–Trinajstić information content (AvgIpc) is 2.67. The van der Waals surface area contributed by atoms with Gasteiger partial charge in [0.15, 0.2) is 4.32 Å². The molecular formula is C11H12N2OS2.